The van der Waals surface area contributed by atoms with E-state index in [0.29, 0.717) is 27.8 Å². The van der Waals surface area contributed by atoms with Gasteiger partial charge in [0.1, 0.15) is 18.9 Å². The van der Waals surface area contributed by atoms with Gasteiger partial charge in [0.15, 0.2) is 0 Å². The van der Waals surface area contributed by atoms with Crippen LogP contribution in [0.25, 0.3) is 6.08 Å². The number of benzene rings is 3. The van der Waals surface area contributed by atoms with E-state index in [1.165, 1.54) is 18.2 Å². The second kappa shape index (κ2) is 16.9. The Bertz CT molecular complexity index is 1700. The predicted octanol–water partition coefficient (Wildman–Crippen LogP) is 8.70. The first-order chi connectivity index (χ1) is 22.5. The van der Waals surface area contributed by atoms with Crippen molar-refractivity contribution in [3.8, 4) is 5.75 Å². The second-order valence-corrected chi connectivity index (χ2v) is 12.7. The maximum absolute atomic E-state index is 13.3. The van der Waals surface area contributed by atoms with Crippen LogP contribution in [0.5, 0.6) is 5.75 Å². The third kappa shape index (κ3) is 9.44. The molecule has 0 unspecified atom stereocenters. The number of amides is 3. The first kappa shape index (κ1) is 36.1. The molecule has 248 valence electrons. The van der Waals surface area contributed by atoms with Gasteiger partial charge >= 0.3 is 5.97 Å². The number of carbonyl (C=O) groups excluding carboxylic acids is 4. The standard InChI is InChI=1S/C34H34Cl3N3O6S/c1-4-7-14-45-33(43)26-17-24(11-13-27(26)36)38-31(41)19-40-32(42)30(47-34(40)44)15-21-9-12-25(39(5-2)6-3)18-29(21)46-20-22-8-10-23(35)16-28(22)37/h8-13,15-18H,4-7,14,19-20H2,1-3H3,(H,38,41)/b30-15+. The molecule has 0 spiro atoms. The number of ether oxygens (including phenoxy) is 2. The minimum absolute atomic E-state index is 0.0954. The van der Waals surface area contributed by atoms with Crippen LogP contribution < -0.4 is 15.0 Å². The number of thioether (sulfide) groups is 1. The molecule has 0 atom stereocenters. The lowest BCUT2D eigenvalue weighted by Crippen LogP contribution is -2.36. The molecule has 0 aromatic heterocycles. The minimum atomic E-state index is -0.631. The van der Waals surface area contributed by atoms with Gasteiger partial charge in [0.25, 0.3) is 11.1 Å². The molecule has 1 aliphatic rings. The van der Waals surface area contributed by atoms with Gasteiger partial charge in [-0.3, -0.25) is 19.3 Å². The number of halogens is 3. The predicted molar refractivity (Wildman–Crippen MR) is 189 cm³/mol. The summed E-state index contributed by atoms with van der Waals surface area (Å²) < 4.78 is 11.4. The SMILES string of the molecule is CCCCOC(=O)c1cc(NC(=O)CN2C(=O)S/C(=C/c3ccc(N(CC)CC)cc3OCc3ccc(Cl)cc3Cl)C2=O)ccc1Cl. The smallest absolute Gasteiger partial charge is 0.339 e. The maximum atomic E-state index is 13.3. The maximum Gasteiger partial charge on any atom is 0.339 e. The van der Waals surface area contributed by atoms with Crippen LogP contribution in [0.1, 0.15) is 55.1 Å². The molecule has 0 aliphatic carbocycles. The van der Waals surface area contributed by atoms with Gasteiger partial charge in [-0.15, -0.1) is 0 Å². The Morgan fingerprint density at radius 1 is 0.957 bits per heavy atom. The molecule has 1 fully saturated rings. The summed E-state index contributed by atoms with van der Waals surface area (Å²) in [5.41, 5.74) is 2.58. The Labute approximate surface area is 293 Å². The third-order valence-corrected chi connectivity index (χ3v) is 9.01. The summed E-state index contributed by atoms with van der Waals surface area (Å²) in [7, 11) is 0. The molecular formula is C34H34Cl3N3O6S. The van der Waals surface area contributed by atoms with Crippen LogP contribution >= 0.6 is 46.6 Å². The summed E-state index contributed by atoms with van der Waals surface area (Å²) in [6.07, 6.45) is 3.14. The van der Waals surface area contributed by atoms with Gasteiger partial charge in [0, 0.05) is 51.7 Å². The Morgan fingerprint density at radius 3 is 2.43 bits per heavy atom. The molecule has 0 bridgehead atoms. The normalized spacial score (nSPS) is 13.7. The quantitative estimate of drug-likeness (QED) is 0.100. The highest BCUT2D eigenvalue weighted by Gasteiger charge is 2.36. The van der Waals surface area contributed by atoms with Crippen LogP contribution in [0, 0.1) is 0 Å². The van der Waals surface area contributed by atoms with Gasteiger partial charge in [-0.25, -0.2) is 4.79 Å². The van der Waals surface area contributed by atoms with E-state index < -0.39 is 29.6 Å². The lowest BCUT2D eigenvalue weighted by molar-refractivity contribution is -0.127. The molecule has 1 N–H and O–H groups in total. The molecule has 0 saturated carbocycles. The van der Waals surface area contributed by atoms with Crippen LogP contribution in [0.15, 0.2) is 59.5 Å². The van der Waals surface area contributed by atoms with Gasteiger partial charge < -0.3 is 19.7 Å². The number of unbranched alkanes of at least 4 members (excludes halogenated alkanes) is 1. The average Bonchev–Trinajstić information content (AvgIpc) is 3.30. The summed E-state index contributed by atoms with van der Waals surface area (Å²) in [5, 5.41) is 3.16. The minimum Gasteiger partial charge on any atom is -0.488 e. The number of nitrogens with one attached hydrogen (secondary N) is 1. The molecule has 1 aliphatic heterocycles. The van der Waals surface area contributed by atoms with Crippen LogP contribution in [-0.4, -0.2) is 54.2 Å². The van der Waals surface area contributed by atoms with E-state index in [1.54, 1.807) is 24.3 Å². The number of carbonyl (C=O) groups is 4. The van der Waals surface area contributed by atoms with Crippen molar-refractivity contribution >= 4 is 87.0 Å². The zero-order valence-electron chi connectivity index (χ0n) is 26.1. The molecule has 1 heterocycles. The van der Waals surface area contributed by atoms with Crippen molar-refractivity contribution in [3.05, 3.63) is 91.3 Å². The van der Waals surface area contributed by atoms with Gasteiger partial charge in [-0.05, 0) is 80.6 Å². The molecule has 3 aromatic carbocycles. The first-order valence-corrected chi connectivity index (χ1v) is 17.0. The first-order valence-electron chi connectivity index (χ1n) is 15.0. The number of anilines is 2. The number of esters is 1. The van der Waals surface area contributed by atoms with Crippen molar-refractivity contribution < 1.29 is 28.7 Å². The fourth-order valence-corrected chi connectivity index (χ4v) is 6.10. The highest BCUT2D eigenvalue weighted by Crippen LogP contribution is 2.36. The average molecular weight is 719 g/mol. The molecule has 9 nitrogen and oxygen atoms in total. The summed E-state index contributed by atoms with van der Waals surface area (Å²) >= 11 is 19.3. The van der Waals surface area contributed by atoms with Crippen LogP contribution in [0.3, 0.4) is 0 Å². The lowest BCUT2D eigenvalue weighted by Gasteiger charge is -2.22. The van der Waals surface area contributed by atoms with Crippen molar-refractivity contribution in [3.63, 3.8) is 0 Å². The topological polar surface area (TPSA) is 105 Å². The van der Waals surface area contributed by atoms with Gasteiger partial charge in [0.2, 0.25) is 5.91 Å². The zero-order chi connectivity index (χ0) is 34.1. The third-order valence-electron chi connectivity index (χ3n) is 7.19. The van der Waals surface area contributed by atoms with E-state index in [4.69, 9.17) is 44.3 Å². The summed E-state index contributed by atoms with van der Waals surface area (Å²) in [5.74, 6) is -1.38. The fourth-order valence-electron chi connectivity index (χ4n) is 4.62. The van der Waals surface area contributed by atoms with Gasteiger partial charge in [-0.2, -0.15) is 0 Å². The van der Waals surface area contributed by atoms with Crippen LogP contribution in [0.2, 0.25) is 15.1 Å². The van der Waals surface area contributed by atoms with Crippen molar-refractivity contribution in [1.82, 2.24) is 4.90 Å². The molecule has 3 amide bonds. The number of hydrogen-bond acceptors (Lipinski definition) is 8. The molecule has 3 aromatic rings. The van der Waals surface area contributed by atoms with E-state index in [9.17, 15) is 19.2 Å². The lowest BCUT2D eigenvalue weighted by atomic mass is 10.1. The molecule has 1 saturated heterocycles. The van der Waals surface area contributed by atoms with E-state index >= 15 is 0 Å². The van der Waals surface area contributed by atoms with E-state index in [0.717, 1.165) is 47.4 Å². The van der Waals surface area contributed by atoms with Gasteiger partial charge in [-0.1, -0.05) is 54.2 Å². The number of imide groups is 1. The van der Waals surface area contributed by atoms with Crippen molar-refractivity contribution in [1.29, 1.82) is 0 Å². The molecule has 4 rings (SSSR count). The van der Waals surface area contributed by atoms with Crippen LogP contribution in [0.4, 0.5) is 16.2 Å². The Kier molecular flexibility index (Phi) is 13.0. The van der Waals surface area contributed by atoms with Crippen molar-refractivity contribution in [2.45, 2.75) is 40.2 Å². The molecule has 47 heavy (non-hydrogen) atoms. The molecule has 0 radical (unpaired) electrons. The Morgan fingerprint density at radius 2 is 1.72 bits per heavy atom. The molecular weight excluding hydrogens is 685 g/mol. The molecule has 13 heteroatoms. The number of rotatable bonds is 14. The second-order valence-electron chi connectivity index (χ2n) is 10.4. The largest absolute Gasteiger partial charge is 0.488 e. The zero-order valence-corrected chi connectivity index (χ0v) is 29.2. The highest BCUT2D eigenvalue weighted by molar-refractivity contribution is 8.18. The summed E-state index contributed by atoms with van der Waals surface area (Å²) in [4.78, 5) is 54.7. The van der Waals surface area contributed by atoms with Crippen molar-refractivity contribution in [2.75, 3.05) is 36.5 Å². The van der Waals surface area contributed by atoms with Gasteiger partial charge in [0.05, 0.1) is 22.1 Å². The fraction of sp³-hybridized carbons (Fsp3) is 0.294. The van der Waals surface area contributed by atoms with E-state index in [2.05, 4.69) is 10.2 Å². The van der Waals surface area contributed by atoms with E-state index in [1.807, 2.05) is 39.0 Å². The van der Waals surface area contributed by atoms with Crippen molar-refractivity contribution in [2.24, 2.45) is 0 Å². The highest BCUT2D eigenvalue weighted by atomic mass is 35.5. The summed E-state index contributed by atoms with van der Waals surface area (Å²) in [6.45, 7) is 7.49. The number of nitrogens with zero attached hydrogens (tertiary/aromatic N) is 2. The van der Waals surface area contributed by atoms with Crippen LogP contribution in [-0.2, 0) is 20.9 Å². The Balaban J connectivity index is 1.50. The van der Waals surface area contributed by atoms with E-state index in [-0.39, 0.29) is 34.4 Å². The number of hydrogen-bond donors (Lipinski definition) is 1. The Hall–Kier alpha value is -3.70. The summed E-state index contributed by atoms with van der Waals surface area (Å²) in [6, 6.07) is 15.1. The monoisotopic (exact) mass is 717 g/mol.